The number of nitrogens with zero attached hydrogens (tertiary/aromatic N) is 1. The molecule has 1 saturated carbocycles. The van der Waals surface area contributed by atoms with Gasteiger partial charge < -0.3 is 4.74 Å². The van der Waals surface area contributed by atoms with E-state index in [1.807, 2.05) is 0 Å². The van der Waals surface area contributed by atoms with Crippen molar-refractivity contribution in [1.29, 1.82) is 0 Å². The van der Waals surface area contributed by atoms with E-state index >= 15 is 0 Å². The monoisotopic (exact) mass is 295 g/mol. The standard InChI is InChI=1S/C17H33N3O/c1-16(2,20-10-5-6-11-20)15(19-18)14-7-12-21-17(13-14)8-3-4-9-17/h14-15,19H,3-13,18H2,1-2H3. The molecule has 0 amide bonds. The van der Waals surface area contributed by atoms with Crippen LogP contribution in [0.5, 0.6) is 0 Å². The maximum atomic E-state index is 6.21. The summed E-state index contributed by atoms with van der Waals surface area (Å²) in [5.74, 6) is 6.66. The Morgan fingerprint density at radius 3 is 2.48 bits per heavy atom. The summed E-state index contributed by atoms with van der Waals surface area (Å²) in [6.45, 7) is 8.11. The van der Waals surface area contributed by atoms with Crippen LogP contribution in [0.25, 0.3) is 0 Å². The number of nitrogens with one attached hydrogen (secondary N) is 1. The third-order valence-electron chi connectivity index (χ3n) is 6.38. The number of hydrazine groups is 1. The predicted octanol–water partition coefficient (Wildman–Crippen LogP) is 2.43. The maximum absolute atomic E-state index is 6.21. The molecule has 0 aromatic rings. The zero-order chi connectivity index (χ0) is 14.9. The molecule has 0 aromatic heterocycles. The van der Waals surface area contributed by atoms with Crippen molar-refractivity contribution in [3.8, 4) is 0 Å². The second-order valence-electron chi connectivity index (χ2n) is 7.98. The van der Waals surface area contributed by atoms with Crippen molar-refractivity contribution in [2.45, 2.75) is 82.4 Å². The van der Waals surface area contributed by atoms with Crippen molar-refractivity contribution >= 4 is 0 Å². The largest absolute Gasteiger partial charge is 0.375 e. The molecule has 2 aliphatic heterocycles. The van der Waals surface area contributed by atoms with E-state index in [1.165, 1.54) is 58.0 Å². The lowest BCUT2D eigenvalue weighted by Crippen LogP contribution is -2.63. The molecule has 3 rings (SSSR count). The van der Waals surface area contributed by atoms with Gasteiger partial charge in [0.25, 0.3) is 0 Å². The lowest BCUT2D eigenvalue weighted by Gasteiger charge is -2.49. The molecular weight excluding hydrogens is 262 g/mol. The third kappa shape index (κ3) is 3.00. The van der Waals surface area contributed by atoms with Crippen LogP contribution in [0.4, 0.5) is 0 Å². The summed E-state index contributed by atoms with van der Waals surface area (Å²) < 4.78 is 6.21. The van der Waals surface area contributed by atoms with Gasteiger partial charge in [-0.25, -0.2) is 0 Å². The SMILES string of the molecule is CC(C)(C(NN)C1CCOC2(CCCC2)C1)N1CCCC1. The second-order valence-corrected chi connectivity index (χ2v) is 7.98. The molecule has 1 spiro atoms. The molecule has 0 radical (unpaired) electrons. The minimum atomic E-state index is 0.132. The molecule has 3 fully saturated rings. The number of hydrogen-bond donors (Lipinski definition) is 2. The molecule has 4 nitrogen and oxygen atoms in total. The van der Waals surface area contributed by atoms with E-state index < -0.39 is 0 Å². The minimum absolute atomic E-state index is 0.132. The lowest BCUT2D eigenvalue weighted by molar-refractivity contribution is -0.106. The van der Waals surface area contributed by atoms with Crippen LogP contribution in [0.1, 0.15) is 65.2 Å². The third-order valence-corrected chi connectivity index (χ3v) is 6.38. The summed E-state index contributed by atoms with van der Waals surface area (Å²) in [6, 6.07) is 0.358. The molecule has 2 unspecified atom stereocenters. The highest BCUT2D eigenvalue weighted by molar-refractivity contribution is 5.02. The highest BCUT2D eigenvalue weighted by Crippen LogP contribution is 2.44. The Hall–Kier alpha value is -0.160. The fourth-order valence-corrected chi connectivity index (χ4v) is 5.12. The summed E-state index contributed by atoms with van der Waals surface area (Å²) in [6.07, 6.45) is 10.2. The van der Waals surface area contributed by atoms with E-state index in [0.29, 0.717) is 12.0 Å². The van der Waals surface area contributed by atoms with Crippen LogP contribution >= 0.6 is 0 Å². The molecule has 2 heterocycles. The number of likely N-dealkylation sites (tertiary alicyclic amines) is 1. The Kier molecular flexibility index (Phi) is 4.60. The first kappa shape index (κ1) is 15.7. The molecule has 3 N–H and O–H groups in total. The van der Waals surface area contributed by atoms with Gasteiger partial charge in [0.2, 0.25) is 0 Å². The van der Waals surface area contributed by atoms with Crippen LogP contribution in [-0.4, -0.2) is 41.8 Å². The number of ether oxygens (including phenoxy) is 1. The summed E-state index contributed by atoms with van der Waals surface area (Å²) in [5.41, 5.74) is 3.51. The van der Waals surface area contributed by atoms with Crippen molar-refractivity contribution in [1.82, 2.24) is 10.3 Å². The molecular formula is C17H33N3O. The summed E-state index contributed by atoms with van der Waals surface area (Å²) in [5, 5.41) is 0. The summed E-state index contributed by atoms with van der Waals surface area (Å²) in [4.78, 5) is 2.63. The van der Waals surface area contributed by atoms with Crippen molar-refractivity contribution in [3.63, 3.8) is 0 Å². The molecule has 0 aromatic carbocycles. The summed E-state index contributed by atoms with van der Waals surface area (Å²) >= 11 is 0. The van der Waals surface area contributed by atoms with Gasteiger partial charge in [-0.2, -0.15) is 0 Å². The topological polar surface area (TPSA) is 50.5 Å². The molecule has 122 valence electrons. The molecule has 1 aliphatic carbocycles. The maximum Gasteiger partial charge on any atom is 0.0685 e. The zero-order valence-corrected chi connectivity index (χ0v) is 13.9. The summed E-state index contributed by atoms with van der Waals surface area (Å²) in [7, 11) is 0. The van der Waals surface area contributed by atoms with Gasteiger partial charge in [0.05, 0.1) is 5.60 Å². The second kappa shape index (κ2) is 6.15. The smallest absolute Gasteiger partial charge is 0.0685 e. The fourth-order valence-electron chi connectivity index (χ4n) is 5.12. The predicted molar refractivity (Wildman–Crippen MR) is 85.9 cm³/mol. The zero-order valence-electron chi connectivity index (χ0n) is 13.9. The first-order valence-electron chi connectivity index (χ1n) is 8.93. The highest BCUT2D eigenvalue weighted by atomic mass is 16.5. The van der Waals surface area contributed by atoms with Crippen molar-refractivity contribution in [3.05, 3.63) is 0 Å². The fraction of sp³-hybridized carbons (Fsp3) is 1.00. The molecule has 21 heavy (non-hydrogen) atoms. The van der Waals surface area contributed by atoms with E-state index in [1.54, 1.807) is 0 Å². The number of nitrogens with two attached hydrogens (primary N) is 1. The molecule has 2 saturated heterocycles. The normalized spacial score (nSPS) is 31.9. The van der Waals surface area contributed by atoms with Crippen LogP contribution in [0, 0.1) is 5.92 Å². The molecule has 2 atom stereocenters. The number of rotatable bonds is 4. The van der Waals surface area contributed by atoms with Crippen molar-refractivity contribution < 1.29 is 4.74 Å². The van der Waals surface area contributed by atoms with Gasteiger partial charge in [0.15, 0.2) is 0 Å². The van der Waals surface area contributed by atoms with Gasteiger partial charge in [-0.05, 0) is 71.4 Å². The Morgan fingerprint density at radius 1 is 1.19 bits per heavy atom. The van der Waals surface area contributed by atoms with E-state index in [9.17, 15) is 0 Å². The molecule has 3 aliphatic rings. The first-order valence-corrected chi connectivity index (χ1v) is 8.93. The lowest BCUT2D eigenvalue weighted by atomic mass is 9.74. The number of hydrogen-bond acceptors (Lipinski definition) is 4. The van der Waals surface area contributed by atoms with Crippen molar-refractivity contribution in [2.24, 2.45) is 11.8 Å². The van der Waals surface area contributed by atoms with Crippen LogP contribution in [0.3, 0.4) is 0 Å². The van der Waals surface area contributed by atoms with Gasteiger partial charge in [0.1, 0.15) is 0 Å². The van der Waals surface area contributed by atoms with E-state index in [4.69, 9.17) is 10.6 Å². The Balaban J connectivity index is 1.72. The van der Waals surface area contributed by atoms with Gasteiger partial charge in [-0.3, -0.25) is 16.2 Å². The van der Waals surface area contributed by atoms with Crippen LogP contribution in [-0.2, 0) is 4.74 Å². The van der Waals surface area contributed by atoms with Gasteiger partial charge >= 0.3 is 0 Å². The van der Waals surface area contributed by atoms with Crippen LogP contribution < -0.4 is 11.3 Å². The van der Waals surface area contributed by atoms with Gasteiger partial charge in [-0.15, -0.1) is 0 Å². The minimum Gasteiger partial charge on any atom is -0.375 e. The average molecular weight is 295 g/mol. The quantitative estimate of drug-likeness (QED) is 0.618. The van der Waals surface area contributed by atoms with Crippen LogP contribution in [0.2, 0.25) is 0 Å². The Bertz CT molecular complexity index is 346. The molecule has 0 bridgehead atoms. The van der Waals surface area contributed by atoms with E-state index in [2.05, 4.69) is 24.2 Å². The average Bonchev–Trinajstić information content (AvgIpc) is 3.11. The highest BCUT2D eigenvalue weighted by Gasteiger charge is 2.46. The van der Waals surface area contributed by atoms with E-state index in [0.717, 1.165) is 13.0 Å². The Labute approximate surface area is 129 Å². The van der Waals surface area contributed by atoms with Gasteiger partial charge in [-0.1, -0.05) is 12.8 Å². The van der Waals surface area contributed by atoms with Gasteiger partial charge in [0, 0.05) is 18.2 Å². The van der Waals surface area contributed by atoms with E-state index in [-0.39, 0.29) is 11.1 Å². The Morgan fingerprint density at radius 2 is 1.86 bits per heavy atom. The van der Waals surface area contributed by atoms with Crippen molar-refractivity contribution in [2.75, 3.05) is 19.7 Å². The van der Waals surface area contributed by atoms with Crippen LogP contribution in [0.15, 0.2) is 0 Å². The molecule has 4 heteroatoms. The first-order chi connectivity index (χ1) is 10.1.